The molecule has 0 radical (unpaired) electrons. The summed E-state index contributed by atoms with van der Waals surface area (Å²) in [4.78, 5) is 0. The quantitative estimate of drug-likeness (QED) is 0.806. The molecule has 29 heavy (non-hydrogen) atoms. The van der Waals surface area contributed by atoms with Crippen molar-refractivity contribution >= 4 is 27.4 Å². The summed E-state index contributed by atoms with van der Waals surface area (Å²) in [6.45, 7) is -1.03. The highest BCUT2D eigenvalue weighted by atomic mass is 32.2. The fourth-order valence-electron chi connectivity index (χ4n) is 4.11. The van der Waals surface area contributed by atoms with E-state index in [2.05, 4.69) is 5.32 Å². The molecule has 0 saturated carbocycles. The van der Waals surface area contributed by atoms with Gasteiger partial charge in [0.05, 0.1) is 11.6 Å². The monoisotopic (exact) mass is 426 g/mol. The Kier molecular flexibility index (Phi) is 5.37. The number of fused-ring (bicyclic) bond motifs is 1. The largest absolute Gasteiger partial charge is 0.406 e. The van der Waals surface area contributed by atoms with Crippen LogP contribution in [0.25, 0.3) is 10.9 Å². The Morgan fingerprint density at radius 1 is 1.21 bits per heavy atom. The van der Waals surface area contributed by atoms with Gasteiger partial charge in [0.15, 0.2) is 0 Å². The van der Waals surface area contributed by atoms with Gasteiger partial charge in [-0.2, -0.15) is 13.2 Å². The smallest absolute Gasteiger partial charge is 0.382 e. The third-order valence-corrected chi connectivity index (χ3v) is 7.13. The number of anilines is 1. The van der Waals surface area contributed by atoms with Gasteiger partial charge in [0.2, 0.25) is 0 Å². The average molecular weight is 427 g/mol. The molecule has 1 saturated heterocycles. The zero-order valence-electron chi connectivity index (χ0n) is 16.4. The minimum Gasteiger partial charge on any atom is -0.382 e. The van der Waals surface area contributed by atoms with Crippen molar-refractivity contribution in [2.24, 2.45) is 0 Å². The highest BCUT2D eigenvalue weighted by Crippen LogP contribution is 2.37. The molecule has 1 fully saturated rings. The molecule has 1 N–H and O–H groups in total. The van der Waals surface area contributed by atoms with E-state index in [4.69, 9.17) is 0 Å². The number of hydrogen-bond donors (Lipinski definition) is 1. The summed E-state index contributed by atoms with van der Waals surface area (Å²) < 4.78 is 53.2. The molecule has 158 valence electrons. The molecule has 2 aromatic rings. The van der Waals surface area contributed by atoms with Gasteiger partial charge >= 0.3 is 6.18 Å². The first-order chi connectivity index (χ1) is 13.7. The van der Waals surface area contributed by atoms with Crippen LogP contribution >= 0.6 is 0 Å². The summed E-state index contributed by atoms with van der Waals surface area (Å²) in [5.74, 6) is 1.33. The molecule has 2 aliphatic heterocycles. The van der Waals surface area contributed by atoms with E-state index in [-0.39, 0.29) is 12.1 Å². The molecule has 1 unspecified atom stereocenters. The summed E-state index contributed by atoms with van der Waals surface area (Å²) in [7, 11) is 2.98. The fourth-order valence-corrected chi connectivity index (χ4v) is 5.41. The summed E-state index contributed by atoms with van der Waals surface area (Å²) in [6, 6.07) is 7.24. The molecule has 1 aromatic carbocycles. The molecule has 9 heteroatoms. The highest BCUT2D eigenvalue weighted by Gasteiger charge is 2.33. The van der Waals surface area contributed by atoms with Gasteiger partial charge in [0, 0.05) is 65.4 Å². The molecule has 5 nitrogen and oxygen atoms in total. The lowest BCUT2D eigenvalue weighted by molar-refractivity contribution is -0.140. The molecule has 0 bridgehead atoms. The van der Waals surface area contributed by atoms with Gasteiger partial charge in [0.1, 0.15) is 6.54 Å². The lowest BCUT2D eigenvalue weighted by atomic mass is 10.1. The third-order valence-electron chi connectivity index (χ3n) is 5.75. The van der Waals surface area contributed by atoms with Crippen LogP contribution in [0.15, 0.2) is 36.5 Å². The Balaban J connectivity index is 1.75. The van der Waals surface area contributed by atoms with Gasteiger partial charge in [-0.15, -0.1) is 0 Å². The predicted octanol–water partition coefficient (Wildman–Crippen LogP) is 3.87. The van der Waals surface area contributed by atoms with Crippen molar-refractivity contribution in [2.75, 3.05) is 30.9 Å². The first-order valence-corrected chi connectivity index (χ1v) is 11.2. The zero-order chi connectivity index (χ0) is 20.8. The summed E-state index contributed by atoms with van der Waals surface area (Å²) in [6.07, 6.45) is 1.06. The number of halogens is 3. The number of hydrazine groups is 1. The molecule has 2 aliphatic rings. The Morgan fingerprint density at radius 2 is 1.93 bits per heavy atom. The Hall–Kier alpha value is -2.00. The molecular weight excluding hydrogens is 401 g/mol. The SMILES string of the molecule is CN1C=CC(c2cc3c(NC4CCS(=O)CC4)cccc3n2CC(F)(F)F)N1C. The molecule has 4 rings (SSSR count). The van der Waals surface area contributed by atoms with Crippen molar-refractivity contribution in [3.8, 4) is 0 Å². The number of aromatic nitrogens is 1. The van der Waals surface area contributed by atoms with Gasteiger partial charge in [-0.1, -0.05) is 6.07 Å². The van der Waals surface area contributed by atoms with Crippen LogP contribution < -0.4 is 5.32 Å². The molecule has 3 heterocycles. The first kappa shape index (κ1) is 20.3. The number of rotatable bonds is 4. The van der Waals surface area contributed by atoms with E-state index in [0.717, 1.165) is 23.9 Å². The van der Waals surface area contributed by atoms with E-state index in [0.29, 0.717) is 22.7 Å². The van der Waals surface area contributed by atoms with Gasteiger partial charge in [-0.05, 0) is 37.1 Å². The van der Waals surface area contributed by atoms with Crippen LogP contribution in [-0.2, 0) is 17.3 Å². The van der Waals surface area contributed by atoms with Gasteiger partial charge in [-0.25, -0.2) is 5.01 Å². The van der Waals surface area contributed by atoms with E-state index in [1.807, 2.05) is 48.5 Å². The summed E-state index contributed by atoms with van der Waals surface area (Å²) in [5, 5.41) is 8.04. The summed E-state index contributed by atoms with van der Waals surface area (Å²) >= 11 is 0. The van der Waals surface area contributed by atoms with Gasteiger partial charge in [0.25, 0.3) is 0 Å². The Morgan fingerprint density at radius 3 is 2.55 bits per heavy atom. The van der Waals surface area contributed by atoms with Crippen LogP contribution in [0.1, 0.15) is 24.6 Å². The van der Waals surface area contributed by atoms with Gasteiger partial charge < -0.3 is 14.9 Å². The van der Waals surface area contributed by atoms with Crippen LogP contribution in [-0.4, -0.2) is 56.6 Å². The van der Waals surface area contributed by atoms with Gasteiger partial charge in [-0.3, -0.25) is 4.21 Å². The van der Waals surface area contributed by atoms with Crippen molar-refractivity contribution in [3.63, 3.8) is 0 Å². The Bertz CT molecular complexity index is 945. The second-order valence-corrected chi connectivity index (χ2v) is 9.41. The highest BCUT2D eigenvalue weighted by molar-refractivity contribution is 7.85. The number of alkyl halides is 3. The van der Waals surface area contributed by atoms with Crippen molar-refractivity contribution < 1.29 is 17.4 Å². The van der Waals surface area contributed by atoms with E-state index < -0.39 is 23.5 Å². The standard InChI is InChI=1S/C20H25F3N4OS/c1-25-9-6-18(26(25)2)19-12-15-16(24-14-7-10-29(28)11-8-14)4-3-5-17(15)27(19)13-20(21,22)23/h3-6,9,12,14,18,24H,7-8,10-11,13H2,1-2H3. The normalized spacial score (nSPS) is 25.8. The second-order valence-electron chi connectivity index (χ2n) is 7.71. The molecular formula is C20H25F3N4OS. The lowest BCUT2D eigenvalue weighted by Gasteiger charge is -2.27. The first-order valence-electron chi connectivity index (χ1n) is 9.67. The minimum atomic E-state index is -4.32. The third kappa shape index (κ3) is 4.16. The van der Waals surface area contributed by atoms with Crippen molar-refractivity contribution in [1.82, 2.24) is 14.6 Å². The number of benzene rings is 1. The molecule has 0 aliphatic carbocycles. The van der Waals surface area contributed by atoms with Crippen LogP contribution in [0.5, 0.6) is 0 Å². The van der Waals surface area contributed by atoms with Crippen molar-refractivity contribution in [2.45, 2.75) is 37.6 Å². The second kappa shape index (κ2) is 7.68. The summed E-state index contributed by atoms with van der Waals surface area (Å²) in [5.41, 5.74) is 2.01. The van der Waals surface area contributed by atoms with E-state index >= 15 is 0 Å². The molecule has 0 spiro atoms. The topological polar surface area (TPSA) is 40.5 Å². The fraction of sp³-hybridized carbons (Fsp3) is 0.500. The van der Waals surface area contributed by atoms with Crippen LogP contribution in [0.3, 0.4) is 0 Å². The number of likely N-dealkylation sites (N-methyl/N-ethyl adjacent to an activating group) is 1. The van der Waals surface area contributed by atoms with Crippen LogP contribution in [0, 0.1) is 0 Å². The number of nitrogens with zero attached hydrogens (tertiary/aromatic N) is 3. The zero-order valence-corrected chi connectivity index (χ0v) is 17.3. The number of hydrogen-bond acceptors (Lipinski definition) is 4. The number of nitrogens with one attached hydrogen (secondary N) is 1. The maximum absolute atomic E-state index is 13.4. The van der Waals surface area contributed by atoms with Crippen LogP contribution in [0.2, 0.25) is 0 Å². The van der Waals surface area contributed by atoms with E-state index in [1.165, 1.54) is 4.57 Å². The van der Waals surface area contributed by atoms with Crippen molar-refractivity contribution in [1.29, 1.82) is 0 Å². The molecule has 1 aromatic heterocycles. The molecule has 0 amide bonds. The van der Waals surface area contributed by atoms with Crippen molar-refractivity contribution in [3.05, 3.63) is 42.2 Å². The van der Waals surface area contributed by atoms with E-state index in [1.54, 1.807) is 12.1 Å². The minimum absolute atomic E-state index is 0.188. The Labute approximate surface area is 170 Å². The average Bonchev–Trinajstić information content (AvgIpc) is 3.17. The lowest BCUT2D eigenvalue weighted by Crippen LogP contribution is -2.32. The predicted molar refractivity (Wildman–Crippen MR) is 110 cm³/mol. The van der Waals surface area contributed by atoms with Crippen LogP contribution in [0.4, 0.5) is 18.9 Å². The molecule has 1 atom stereocenters. The van der Waals surface area contributed by atoms with E-state index in [9.17, 15) is 17.4 Å². The maximum Gasteiger partial charge on any atom is 0.406 e. The maximum atomic E-state index is 13.4.